The summed E-state index contributed by atoms with van der Waals surface area (Å²) in [7, 11) is 0. The molecule has 8 nitrogen and oxygen atoms in total. The Balaban J connectivity index is 0.00000272. The van der Waals surface area contributed by atoms with E-state index in [9.17, 15) is 5.11 Å². The first-order chi connectivity index (χ1) is 14.6. The summed E-state index contributed by atoms with van der Waals surface area (Å²) in [5, 5.41) is 21.9. The highest BCUT2D eigenvalue weighted by Gasteiger charge is 2.22. The maximum absolute atomic E-state index is 10.6. The van der Waals surface area contributed by atoms with Crippen molar-refractivity contribution in [1.82, 2.24) is 30.3 Å². The van der Waals surface area contributed by atoms with E-state index in [4.69, 9.17) is 0 Å². The third-order valence-corrected chi connectivity index (χ3v) is 5.79. The molecule has 0 amide bonds. The minimum atomic E-state index is -0.485. The molecule has 0 bridgehead atoms. The van der Waals surface area contributed by atoms with E-state index in [1.54, 1.807) is 0 Å². The van der Waals surface area contributed by atoms with Crippen molar-refractivity contribution in [3.63, 3.8) is 0 Å². The van der Waals surface area contributed by atoms with E-state index in [-0.39, 0.29) is 30.0 Å². The Morgan fingerprint density at radius 3 is 2.90 bits per heavy atom. The molecule has 0 spiro atoms. The van der Waals surface area contributed by atoms with Gasteiger partial charge in [-0.3, -0.25) is 9.89 Å². The molecule has 3 N–H and O–H groups in total. The molecule has 2 aliphatic heterocycles. The van der Waals surface area contributed by atoms with Gasteiger partial charge in [-0.1, -0.05) is 24.3 Å². The fourth-order valence-electron chi connectivity index (χ4n) is 4.33. The molecule has 3 heterocycles. The quantitative estimate of drug-likeness (QED) is 0.293. The number of aliphatic hydroxyl groups excluding tert-OH is 1. The summed E-state index contributed by atoms with van der Waals surface area (Å²) in [5.74, 6) is 2.64. The summed E-state index contributed by atoms with van der Waals surface area (Å²) >= 11 is 0. The van der Waals surface area contributed by atoms with Crippen molar-refractivity contribution in [2.24, 2.45) is 4.99 Å². The van der Waals surface area contributed by atoms with Gasteiger partial charge in [-0.2, -0.15) is 5.10 Å². The van der Waals surface area contributed by atoms with Crippen LogP contribution in [0.25, 0.3) is 0 Å². The molecule has 9 heteroatoms. The molecule has 31 heavy (non-hydrogen) atoms. The van der Waals surface area contributed by atoms with E-state index in [2.05, 4.69) is 61.8 Å². The van der Waals surface area contributed by atoms with E-state index >= 15 is 0 Å². The number of hydrogen-bond acceptors (Lipinski definition) is 5. The normalized spacial score (nSPS) is 19.7. The number of halogens is 1. The van der Waals surface area contributed by atoms with Crippen LogP contribution in [0.1, 0.15) is 36.1 Å². The SMILES string of the molecule is CCNC(=NCC(O)CN1CCc2ccccc2C1)NC1CCc2nc(C)nn2C1.I. The number of β-amino-alcohol motifs (C(OH)–C–C–N with tert-alkyl or cyclic N) is 1. The van der Waals surface area contributed by atoms with Crippen molar-refractivity contribution < 1.29 is 5.11 Å². The molecular formula is C22H34IN7O. The minimum absolute atomic E-state index is 0. The molecule has 1 aromatic carbocycles. The van der Waals surface area contributed by atoms with Crippen LogP contribution in [0.2, 0.25) is 0 Å². The summed E-state index contributed by atoms with van der Waals surface area (Å²) < 4.78 is 1.99. The lowest BCUT2D eigenvalue weighted by Crippen LogP contribution is -2.47. The number of aromatic nitrogens is 3. The highest BCUT2D eigenvalue weighted by molar-refractivity contribution is 14.0. The zero-order valence-electron chi connectivity index (χ0n) is 18.4. The molecule has 2 unspecified atom stereocenters. The second-order valence-corrected chi connectivity index (χ2v) is 8.26. The van der Waals surface area contributed by atoms with Crippen LogP contribution in [-0.2, 0) is 25.9 Å². The maximum Gasteiger partial charge on any atom is 0.191 e. The zero-order chi connectivity index (χ0) is 20.9. The van der Waals surface area contributed by atoms with Crippen molar-refractivity contribution in [3.8, 4) is 0 Å². The number of rotatable bonds is 6. The number of hydrogen-bond donors (Lipinski definition) is 3. The van der Waals surface area contributed by atoms with Gasteiger partial charge in [0.05, 0.1) is 19.2 Å². The topological polar surface area (TPSA) is 90.6 Å². The van der Waals surface area contributed by atoms with Crippen LogP contribution in [0.4, 0.5) is 0 Å². The van der Waals surface area contributed by atoms with Gasteiger partial charge >= 0.3 is 0 Å². The van der Waals surface area contributed by atoms with Crippen LogP contribution in [-0.4, -0.2) is 69.1 Å². The number of fused-ring (bicyclic) bond motifs is 2. The molecule has 0 saturated heterocycles. The minimum Gasteiger partial charge on any atom is -0.390 e. The molecule has 4 rings (SSSR count). The molecule has 2 aliphatic rings. The van der Waals surface area contributed by atoms with Crippen molar-refractivity contribution in [2.45, 2.75) is 58.3 Å². The van der Waals surface area contributed by atoms with E-state index in [1.165, 1.54) is 11.1 Å². The van der Waals surface area contributed by atoms with Gasteiger partial charge in [0.1, 0.15) is 11.6 Å². The van der Waals surface area contributed by atoms with Crippen LogP contribution in [0.5, 0.6) is 0 Å². The maximum atomic E-state index is 10.6. The fraction of sp³-hybridized carbons (Fsp3) is 0.591. The second-order valence-electron chi connectivity index (χ2n) is 8.26. The van der Waals surface area contributed by atoms with Crippen molar-refractivity contribution >= 4 is 29.9 Å². The zero-order valence-corrected chi connectivity index (χ0v) is 20.7. The largest absolute Gasteiger partial charge is 0.390 e. The number of aliphatic hydroxyl groups is 1. The average molecular weight is 539 g/mol. The molecule has 2 atom stereocenters. The van der Waals surface area contributed by atoms with Crippen molar-refractivity contribution in [1.29, 1.82) is 0 Å². The molecule has 1 aromatic heterocycles. The first-order valence-corrected chi connectivity index (χ1v) is 11.0. The smallest absolute Gasteiger partial charge is 0.191 e. The Hall–Kier alpha value is -1.72. The highest BCUT2D eigenvalue weighted by atomic mass is 127. The predicted molar refractivity (Wildman–Crippen MR) is 133 cm³/mol. The number of nitrogens with zero attached hydrogens (tertiary/aromatic N) is 5. The molecule has 0 saturated carbocycles. The Bertz CT molecular complexity index is 884. The number of benzene rings is 1. The summed E-state index contributed by atoms with van der Waals surface area (Å²) in [5.41, 5.74) is 2.80. The lowest BCUT2D eigenvalue weighted by atomic mass is 10.00. The van der Waals surface area contributed by atoms with Gasteiger partial charge in [-0.05, 0) is 37.8 Å². The average Bonchev–Trinajstić information content (AvgIpc) is 3.11. The summed E-state index contributed by atoms with van der Waals surface area (Å²) in [6.07, 6.45) is 2.47. The molecule has 0 fully saturated rings. The van der Waals surface area contributed by atoms with Crippen molar-refractivity contribution in [2.75, 3.05) is 26.2 Å². The molecular weight excluding hydrogens is 505 g/mol. The summed E-state index contributed by atoms with van der Waals surface area (Å²) in [6.45, 7) is 8.46. The van der Waals surface area contributed by atoms with Gasteiger partial charge in [0.15, 0.2) is 5.96 Å². The lowest BCUT2D eigenvalue weighted by Gasteiger charge is -2.30. The lowest BCUT2D eigenvalue weighted by molar-refractivity contribution is 0.111. The molecule has 170 valence electrons. The van der Waals surface area contributed by atoms with Crippen LogP contribution in [0.15, 0.2) is 29.3 Å². The first kappa shape index (κ1) is 23.9. The number of nitrogens with one attached hydrogen (secondary N) is 2. The fourth-order valence-corrected chi connectivity index (χ4v) is 4.33. The van der Waals surface area contributed by atoms with Gasteiger partial charge in [0, 0.05) is 38.6 Å². The van der Waals surface area contributed by atoms with Gasteiger partial charge in [0.2, 0.25) is 0 Å². The number of aryl methyl sites for hydroxylation is 2. The van der Waals surface area contributed by atoms with Crippen LogP contribution in [0, 0.1) is 6.92 Å². The third kappa shape index (κ3) is 6.39. The van der Waals surface area contributed by atoms with Crippen molar-refractivity contribution in [3.05, 3.63) is 47.0 Å². The van der Waals surface area contributed by atoms with Crippen LogP contribution < -0.4 is 10.6 Å². The number of guanidine groups is 1. The molecule has 0 aliphatic carbocycles. The summed E-state index contributed by atoms with van der Waals surface area (Å²) in [4.78, 5) is 11.4. The standard InChI is InChI=1S/C22H33N7O.HI/c1-3-23-22(26-19-8-9-21-25-16(2)27-29(21)14-19)24-12-20(30)15-28-11-10-17-6-4-5-7-18(17)13-28;/h4-7,19-20,30H,3,8-15H2,1-2H3,(H2,23,24,26);1H. The Morgan fingerprint density at radius 2 is 2.10 bits per heavy atom. The van der Waals surface area contributed by atoms with E-state index in [1.807, 2.05) is 11.6 Å². The number of aliphatic imine (C=N–C) groups is 1. The Kier molecular flexibility index (Phi) is 8.67. The Labute approximate surface area is 201 Å². The highest BCUT2D eigenvalue weighted by Crippen LogP contribution is 2.18. The second kappa shape index (κ2) is 11.2. The predicted octanol–water partition coefficient (Wildman–Crippen LogP) is 1.49. The van der Waals surface area contributed by atoms with E-state index in [0.29, 0.717) is 13.1 Å². The van der Waals surface area contributed by atoms with Crippen LogP contribution >= 0.6 is 24.0 Å². The third-order valence-electron chi connectivity index (χ3n) is 5.79. The molecule has 0 radical (unpaired) electrons. The first-order valence-electron chi connectivity index (χ1n) is 11.0. The van der Waals surface area contributed by atoms with E-state index in [0.717, 1.165) is 63.0 Å². The summed E-state index contributed by atoms with van der Waals surface area (Å²) in [6, 6.07) is 8.84. The van der Waals surface area contributed by atoms with Gasteiger partial charge in [-0.25, -0.2) is 9.67 Å². The Morgan fingerprint density at radius 1 is 1.29 bits per heavy atom. The van der Waals surface area contributed by atoms with Crippen LogP contribution in [0.3, 0.4) is 0 Å². The van der Waals surface area contributed by atoms with E-state index < -0.39 is 6.10 Å². The monoisotopic (exact) mass is 539 g/mol. The van der Waals surface area contributed by atoms with Gasteiger partial charge < -0.3 is 15.7 Å². The van der Waals surface area contributed by atoms with Gasteiger partial charge in [0.25, 0.3) is 0 Å². The van der Waals surface area contributed by atoms with Gasteiger partial charge in [-0.15, -0.1) is 24.0 Å². The molecule has 2 aromatic rings.